The number of amides is 1. The molecule has 2 rings (SSSR count). The second kappa shape index (κ2) is 8.19. The van der Waals surface area contributed by atoms with Crippen LogP contribution in [0.5, 0.6) is 5.75 Å². The average molecular weight is 392 g/mol. The highest BCUT2D eigenvalue weighted by Crippen LogP contribution is 2.21. The van der Waals surface area contributed by atoms with Crippen molar-refractivity contribution in [2.24, 2.45) is 0 Å². The van der Waals surface area contributed by atoms with Gasteiger partial charge in [-0.15, -0.1) is 0 Å². The molecule has 0 unspecified atom stereocenters. The second-order valence-electron chi connectivity index (χ2n) is 5.83. The van der Waals surface area contributed by atoms with Gasteiger partial charge in [-0.2, -0.15) is 0 Å². The lowest BCUT2D eigenvalue weighted by Crippen LogP contribution is -2.22. The Morgan fingerprint density at radius 2 is 1.81 bits per heavy atom. The van der Waals surface area contributed by atoms with Gasteiger partial charge in [-0.05, 0) is 56.3 Å². The van der Waals surface area contributed by atoms with E-state index in [-0.39, 0.29) is 21.9 Å². The molecule has 0 fully saturated rings. The van der Waals surface area contributed by atoms with Crippen LogP contribution in [0.25, 0.3) is 0 Å². The first kappa shape index (κ1) is 20.4. The van der Waals surface area contributed by atoms with E-state index >= 15 is 0 Å². The van der Waals surface area contributed by atoms with Crippen LogP contribution in [0.3, 0.4) is 0 Å². The standard InChI is InChI=1S/C18H20N2O6S/c1-11-4-7-14(15(21)8-11)18(23)26-10-17(22)20-13-6-5-12(2)16(9-13)27(24,25)19-3/h4-9,19,21H,10H2,1-3H3,(H,20,22). The highest BCUT2D eigenvalue weighted by Gasteiger charge is 2.17. The summed E-state index contributed by atoms with van der Waals surface area (Å²) >= 11 is 0. The van der Waals surface area contributed by atoms with Crippen LogP contribution in [-0.2, 0) is 19.6 Å². The highest BCUT2D eigenvalue weighted by atomic mass is 32.2. The summed E-state index contributed by atoms with van der Waals surface area (Å²) in [5.41, 5.74) is 1.48. The van der Waals surface area contributed by atoms with Gasteiger partial charge in [0.1, 0.15) is 11.3 Å². The van der Waals surface area contributed by atoms with Gasteiger partial charge in [-0.3, -0.25) is 4.79 Å². The zero-order valence-electron chi connectivity index (χ0n) is 15.1. The molecule has 9 heteroatoms. The lowest BCUT2D eigenvalue weighted by Gasteiger charge is -2.11. The van der Waals surface area contributed by atoms with E-state index < -0.39 is 28.5 Å². The Labute approximate surface area is 157 Å². The number of hydrogen-bond acceptors (Lipinski definition) is 6. The van der Waals surface area contributed by atoms with Crippen LogP contribution in [0.15, 0.2) is 41.3 Å². The molecule has 0 aliphatic carbocycles. The fourth-order valence-corrected chi connectivity index (χ4v) is 3.29. The number of carbonyl (C=O) groups is 2. The summed E-state index contributed by atoms with van der Waals surface area (Å²) in [5.74, 6) is -1.72. The largest absolute Gasteiger partial charge is 0.507 e. The number of esters is 1. The number of aryl methyl sites for hydroxylation is 2. The van der Waals surface area contributed by atoms with Gasteiger partial charge in [0.2, 0.25) is 10.0 Å². The quantitative estimate of drug-likeness (QED) is 0.644. The summed E-state index contributed by atoms with van der Waals surface area (Å²) in [6, 6.07) is 8.84. The van der Waals surface area contributed by atoms with Crippen LogP contribution in [0, 0.1) is 13.8 Å². The first-order valence-electron chi connectivity index (χ1n) is 7.95. The van der Waals surface area contributed by atoms with E-state index in [1.165, 1.54) is 31.3 Å². The molecule has 0 aromatic heterocycles. The molecule has 0 aliphatic rings. The maximum atomic E-state index is 12.0. The SMILES string of the molecule is CNS(=O)(=O)c1cc(NC(=O)COC(=O)c2ccc(C)cc2O)ccc1C. The number of phenolic OH excluding ortho intramolecular Hbond substituents is 1. The molecular formula is C18H20N2O6S. The molecule has 3 N–H and O–H groups in total. The Balaban J connectivity index is 2.04. The Bertz CT molecular complexity index is 985. The van der Waals surface area contributed by atoms with Crippen molar-refractivity contribution in [3.05, 3.63) is 53.1 Å². The Kier molecular flexibility index (Phi) is 6.19. The molecule has 0 saturated carbocycles. The van der Waals surface area contributed by atoms with Gasteiger partial charge >= 0.3 is 5.97 Å². The monoisotopic (exact) mass is 392 g/mol. The van der Waals surface area contributed by atoms with Crippen molar-refractivity contribution in [2.75, 3.05) is 19.0 Å². The molecule has 0 saturated heterocycles. The van der Waals surface area contributed by atoms with Gasteiger partial charge in [0.25, 0.3) is 5.91 Å². The van der Waals surface area contributed by atoms with Crippen molar-refractivity contribution in [3.63, 3.8) is 0 Å². The van der Waals surface area contributed by atoms with Crippen molar-refractivity contribution >= 4 is 27.6 Å². The Hall–Kier alpha value is -2.91. The summed E-state index contributed by atoms with van der Waals surface area (Å²) in [6.07, 6.45) is 0. The molecule has 0 heterocycles. The smallest absolute Gasteiger partial charge is 0.342 e. The summed E-state index contributed by atoms with van der Waals surface area (Å²) in [7, 11) is -2.38. The number of phenols is 1. The topological polar surface area (TPSA) is 122 Å². The van der Waals surface area contributed by atoms with E-state index in [2.05, 4.69) is 10.0 Å². The van der Waals surface area contributed by atoms with Gasteiger partial charge < -0.3 is 15.2 Å². The molecule has 144 valence electrons. The molecule has 0 radical (unpaired) electrons. The number of ether oxygens (including phenoxy) is 1. The number of sulfonamides is 1. The molecule has 0 spiro atoms. The number of nitrogens with one attached hydrogen (secondary N) is 2. The molecule has 27 heavy (non-hydrogen) atoms. The molecule has 2 aromatic rings. The van der Waals surface area contributed by atoms with Gasteiger partial charge in [0.05, 0.1) is 4.90 Å². The number of aromatic hydroxyl groups is 1. The maximum Gasteiger partial charge on any atom is 0.342 e. The summed E-state index contributed by atoms with van der Waals surface area (Å²) in [4.78, 5) is 24.0. The normalized spacial score (nSPS) is 11.1. The minimum absolute atomic E-state index is 0.0318. The first-order valence-corrected chi connectivity index (χ1v) is 9.43. The highest BCUT2D eigenvalue weighted by molar-refractivity contribution is 7.89. The van der Waals surface area contributed by atoms with Gasteiger partial charge in [0, 0.05) is 5.69 Å². The summed E-state index contributed by atoms with van der Waals surface area (Å²) < 4.78 is 31.0. The van der Waals surface area contributed by atoms with Crippen LogP contribution in [0.4, 0.5) is 5.69 Å². The van der Waals surface area contributed by atoms with Crippen molar-refractivity contribution in [1.82, 2.24) is 4.72 Å². The second-order valence-corrected chi connectivity index (χ2v) is 7.69. The van der Waals surface area contributed by atoms with Crippen molar-refractivity contribution < 1.29 is 27.9 Å². The fraction of sp³-hybridized carbons (Fsp3) is 0.222. The average Bonchev–Trinajstić information content (AvgIpc) is 2.61. The van der Waals surface area contributed by atoms with Gasteiger partial charge in [-0.1, -0.05) is 12.1 Å². The summed E-state index contributed by atoms with van der Waals surface area (Å²) in [6.45, 7) is 2.80. The maximum absolute atomic E-state index is 12.0. The number of hydrogen-bond donors (Lipinski definition) is 3. The molecule has 1 amide bonds. The van der Waals surface area contributed by atoms with Gasteiger partial charge in [-0.25, -0.2) is 17.9 Å². The molecule has 0 bridgehead atoms. The predicted octanol–water partition coefficient (Wildman–Crippen LogP) is 1.71. The minimum Gasteiger partial charge on any atom is -0.507 e. The van der Waals surface area contributed by atoms with E-state index in [1.807, 2.05) is 0 Å². The number of carbonyl (C=O) groups excluding carboxylic acids is 2. The van der Waals surface area contributed by atoms with Crippen LogP contribution in [0.1, 0.15) is 21.5 Å². The van der Waals surface area contributed by atoms with E-state index in [4.69, 9.17) is 4.74 Å². The van der Waals surface area contributed by atoms with Crippen LogP contribution in [0.2, 0.25) is 0 Å². The lowest BCUT2D eigenvalue weighted by atomic mass is 10.1. The molecule has 0 aliphatic heterocycles. The van der Waals surface area contributed by atoms with E-state index in [0.29, 0.717) is 5.56 Å². The van der Waals surface area contributed by atoms with Crippen molar-refractivity contribution in [2.45, 2.75) is 18.7 Å². The third-order valence-electron chi connectivity index (χ3n) is 3.74. The van der Waals surface area contributed by atoms with Crippen molar-refractivity contribution in [3.8, 4) is 5.75 Å². The zero-order valence-corrected chi connectivity index (χ0v) is 15.9. The Morgan fingerprint density at radius 3 is 2.44 bits per heavy atom. The third kappa shape index (κ3) is 5.05. The third-order valence-corrected chi connectivity index (χ3v) is 5.29. The van der Waals surface area contributed by atoms with Gasteiger partial charge in [0.15, 0.2) is 6.61 Å². The Morgan fingerprint density at radius 1 is 1.11 bits per heavy atom. The zero-order chi connectivity index (χ0) is 20.2. The number of anilines is 1. The van der Waals surface area contributed by atoms with E-state index in [9.17, 15) is 23.1 Å². The van der Waals surface area contributed by atoms with Crippen LogP contribution in [-0.4, -0.2) is 39.1 Å². The van der Waals surface area contributed by atoms with Crippen molar-refractivity contribution in [1.29, 1.82) is 0 Å². The number of benzene rings is 2. The van der Waals surface area contributed by atoms with Crippen LogP contribution < -0.4 is 10.0 Å². The molecule has 0 atom stereocenters. The van der Waals surface area contributed by atoms with E-state index in [1.54, 1.807) is 26.0 Å². The predicted molar refractivity (Wildman–Crippen MR) is 99.2 cm³/mol. The number of rotatable bonds is 6. The summed E-state index contributed by atoms with van der Waals surface area (Å²) in [5, 5.41) is 12.2. The lowest BCUT2D eigenvalue weighted by molar-refractivity contribution is -0.119. The molecule has 8 nitrogen and oxygen atoms in total. The first-order chi connectivity index (χ1) is 12.6. The minimum atomic E-state index is -3.67. The molecule has 2 aromatic carbocycles. The fourth-order valence-electron chi connectivity index (χ4n) is 2.30. The molecular weight excluding hydrogens is 372 g/mol. The van der Waals surface area contributed by atoms with E-state index in [0.717, 1.165) is 5.56 Å². The van der Waals surface area contributed by atoms with Crippen LogP contribution >= 0.6 is 0 Å².